The van der Waals surface area contributed by atoms with Gasteiger partial charge in [-0.15, -0.1) is 0 Å². The van der Waals surface area contributed by atoms with E-state index in [1.807, 2.05) is 6.92 Å². The lowest BCUT2D eigenvalue weighted by molar-refractivity contribution is -0.171. The number of aliphatic hydroxyl groups is 1. The van der Waals surface area contributed by atoms with Crippen molar-refractivity contribution in [1.29, 1.82) is 0 Å². The Kier molecular flexibility index (Phi) is 3.49. The summed E-state index contributed by atoms with van der Waals surface area (Å²) in [6, 6.07) is 0. The van der Waals surface area contributed by atoms with Crippen molar-refractivity contribution in [2.24, 2.45) is 34.4 Å². The number of hydrogen-bond acceptors (Lipinski definition) is 4. The van der Waals surface area contributed by atoms with Crippen molar-refractivity contribution in [2.75, 3.05) is 0 Å². The van der Waals surface area contributed by atoms with Gasteiger partial charge < -0.3 is 5.11 Å². The predicted molar refractivity (Wildman–Crippen MR) is 89.1 cm³/mol. The molecular weight excluding hydrogens is 304 g/mol. The third-order valence-corrected chi connectivity index (χ3v) is 7.84. The minimum Gasteiger partial charge on any atom is -0.393 e. The maximum atomic E-state index is 12.7. The van der Waals surface area contributed by atoms with Crippen molar-refractivity contribution in [2.45, 2.75) is 64.9 Å². The summed E-state index contributed by atoms with van der Waals surface area (Å²) in [6.45, 7) is 4.35. The third kappa shape index (κ3) is 2.00. The van der Waals surface area contributed by atoms with Crippen LogP contribution in [0.1, 0.15) is 58.8 Å². The lowest BCUT2D eigenvalue weighted by atomic mass is 9.46. The summed E-state index contributed by atoms with van der Waals surface area (Å²) in [5.74, 6) is 6.27. The maximum absolute atomic E-state index is 12.7. The van der Waals surface area contributed by atoms with Crippen LogP contribution in [0.4, 0.5) is 0 Å². The molecule has 4 rings (SSSR count). The van der Waals surface area contributed by atoms with Crippen LogP contribution in [-0.4, -0.2) is 28.0 Å². The van der Waals surface area contributed by atoms with Gasteiger partial charge in [-0.2, -0.15) is 0 Å². The minimum absolute atomic E-state index is 0.0949. The summed E-state index contributed by atoms with van der Waals surface area (Å²) in [6.07, 6.45) is 7.88. The molecule has 6 unspecified atom stereocenters. The Bertz CT molecular complexity index is 630. The molecule has 5 heteroatoms. The number of nitrogens with zero attached hydrogens (tertiary/aromatic N) is 1. The average Bonchev–Trinajstić information content (AvgIpc) is 2.55. The lowest BCUT2D eigenvalue weighted by Crippen LogP contribution is -2.62. The molecular formula is C19H28N2O3. The fourth-order valence-electron chi connectivity index (χ4n) is 6.28. The molecule has 0 aromatic heterocycles. The van der Waals surface area contributed by atoms with E-state index in [0.29, 0.717) is 18.3 Å². The van der Waals surface area contributed by atoms with Crippen LogP contribution in [0.15, 0.2) is 11.6 Å². The van der Waals surface area contributed by atoms with Crippen molar-refractivity contribution in [3.63, 3.8) is 0 Å². The molecule has 132 valence electrons. The zero-order chi connectivity index (χ0) is 17.3. The van der Waals surface area contributed by atoms with E-state index in [1.165, 1.54) is 5.57 Å². The van der Waals surface area contributed by atoms with Crippen LogP contribution in [0.5, 0.6) is 0 Å². The number of rotatable bonds is 0. The van der Waals surface area contributed by atoms with Gasteiger partial charge in [-0.1, -0.05) is 25.5 Å². The van der Waals surface area contributed by atoms with Crippen LogP contribution >= 0.6 is 0 Å². The highest BCUT2D eigenvalue weighted by atomic mass is 16.3. The molecule has 24 heavy (non-hydrogen) atoms. The Morgan fingerprint density at radius 3 is 2.58 bits per heavy atom. The second-order valence-electron chi connectivity index (χ2n) is 8.89. The number of piperidine rings is 1. The first-order valence-electron chi connectivity index (χ1n) is 9.27. The first kappa shape index (κ1) is 16.3. The number of carbonyl (C=O) groups is 2. The van der Waals surface area contributed by atoms with E-state index in [4.69, 9.17) is 5.84 Å². The number of nitrogens with two attached hydrogens (primary N) is 1. The van der Waals surface area contributed by atoms with Crippen LogP contribution < -0.4 is 5.84 Å². The number of hydrogen-bond donors (Lipinski definition) is 2. The molecule has 2 saturated carbocycles. The number of hydrazine groups is 1. The summed E-state index contributed by atoms with van der Waals surface area (Å²) in [5.41, 5.74) is 1.02. The van der Waals surface area contributed by atoms with E-state index in [-0.39, 0.29) is 29.3 Å². The van der Waals surface area contributed by atoms with Crippen LogP contribution in [0.2, 0.25) is 0 Å². The van der Waals surface area contributed by atoms with Gasteiger partial charge in [0.15, 0.2) is 0 Å². The van der Waals surface area contributed by atoms with E-state index >= 15 is 0 Å². The van der Waals surface area contributed by atoms with Crippen molar-refractivity contribution >= 4 is 11.8 Å². The van der Waals surface area contributed by atoms with Gasteiger partial charge in [0.2, 0.25) is 11.8 Å². The maximum Gasteiger partial charge on any atom is 0.249 e. The summed E-state index contributed by atoms with van der Waals surface area (Å²) < 4.78 is 0. The number of aliphatic hydroxyl groups excluding tert-OH is 1. The number of fused-ring (bicyclic) bond motifs is 5. The molecule has 0 spiro atoms. The van der Waals surface area contributed by atoms with E-state index < -0.39 is 5.41 Å². The summed E-state index contributed by atoms with van der Waals surface area (Å²) in [5, 5.41) is 10.9. The normalized spacial score (nSPS) is 48.3. The molecule has 0 bridgehead atoms. The van der Waals surface area contributed by atoms with E-state index in [2.05, 4.69) is 13.0 Å². The second-order valence-corrected chi connectivity index (χ2v) is 8.89. The Balaban J connectivity index is 1.71. The van der Waals surface area contributed by atoms with Gasteiger partial charge in [0.1, 0.15) is 0 Å². The van der Waals surface area contributed by atoms with Gasteiger partial charge >= 0.3 is 0 Å². The Morgan fingerprint density at radius 1 is 1.12 bits per heavy atom. The Hall–Kier alpha value is -1.20. The fraction of sp³-hybridized carbons (Fsp3) is 0.789. The minimum atomic E-state index is -0.500. The van der Waals surface area contributed by atoms with Crippen LogP contribution in [0.3, 0.4) is 0 Å². The molecule has 1 saturated heterocycles. The average molecular weight is 332 g/mol. The monoisotopic (exact) mass is 332 g/mol. The largest absolute Gasteiger partial charge is 0.393 e. The van der Waals surface area contributed by atoms with Gasteiger partial charge in [0, 0.05) is 6.42 Å². The predicted octanol–water partition coefficient (Wildman–Crippen LogP) is 2.15. The first-order chi connectivity index (χ1) is 11.3. The SMILES string of the molecule is CC12CCC3C(CC=C4CC(O)CCC43C)C1CC(=O)N(N)C2=O. The zero-order valence-electron chi connectivity index (χ0n) is 14.6. The van der Waals surface area contributed by atoms with Gasteiger partial charge in [-0.05, 0) is 61.7 Å². The molecule has 5 nitrogen and oxygen atoms in total. The molecule has 3 aliphatic carbocycles. The fourth-order valence-corrected chi connectivity index (χ4v) is 6.28. The van der Waals surface area contributed by atoms with Crippen LogP contribution in [-0.2, 0) is 9.59 Å². The Morgan fingerprint density at radius 2 is 1.83 bits per heavy atom. The number of amides is 2. The number of imide groups is 1. The van der Waals surface area contributed by atoms with Crippen molar-refractivity contribution in [1.82, 2.24) is 5.01 Å². The third-order valence-electron chi connectivity index (χ3n) is 7.84. The smallest absolute Gasteiger partial charge is 0.249 e. The molecule has 6 atom stereocenters. The van der Waals surface area contributed by atoms with Crippen LogP contribution in [0.25, 0.3) is 0 Å². The van der Waals surface area contributed by atoms with Crippen molar-refractivity contribution in [3.8, 4) is 0 Å². The topological polar surface area (TPSA) is 83.6 Å². The van der Waals surface area contributed by atoms with E-state index in [9.17, 15) is 14.7 Å². The standard InChI is InChI=1S/C19H28N2O3/c1-18-7-5-12(22)9-11(18)3-4-13-14(18)6-8-19(2)15(13)10-16(23)21(20)17(19)24/h3,12-15,22H,4-10,20H2,1-2H3. The van der Waals surface area contributed by atoms with Crippen LogP contribution in [0, 0.1) is 28.6 Å². The molecule has 0 radical (unpaired) electrons. The number of allylic oxidation sites excluding steroid dienone is 1. The molecule has 2 amide bonds. The van der Waals surface area contributed by atoms with Gasteiger partial charge in [-0.3, -0.25) is 9.59 Å². The van der Waals surface area contributed by atoms with Gasteiger partial charge in [0.25, 0.3) is 0 Å². The highest BCUT2D eigenvalue weighted by Crippen LogP contribution is 2.62. The highest BCUT2D eigenvalue weighted by Gasteiger charge is 2.60. The van der Waals surface area contributed by atoms with E-state index in [1.54, 1.807) is 0 Å². The van der Waals surface area contributed by atoms with Gasteiger partial charge in [0.05, 0.1) is 11.5 Å². The molecule has 0 aromatic carbocycles. The lowest BCUT2D eigenvalue weighted by Gasteiger charge is -2.59. The molecule has 1 aliphatic heterocycles. The molecule has 0 aromatic rings. The summed E-state index contributed by atoms with van der Waals surface area (Å²) in [7, 11) is 0. The number of carbonyl (C=O) groups excluding carboxylic acids is 2. The molecule has 1 heterocycles. The van der Waals surface area contributed by atoms with Crippen molar-refractivity contribution in [3.05, 3.63) is 11.6 Å². The van der Waals surface area contributed by atoms with Gasteiger partial charge in [-0.25, -0.2) is 10.9 Å². The summed E-state index contributed by atoms with van der Waals surface area (Å²) in [4.78, 5) is 24.9. The molecule has 3 fully saturated rings. The summed E-state index contributed by atoms with van der Waals surface area (Å²) >= 11 is 0. The second kappa shape index (κ2) is 5.15. The van der Waals surface area contributed by atoms with E-state index in [0.717, 1.165) is 43.5 Å². The highest BCUT2D eigenvalue weighted by molar-refractivity contribution is 6.00. The first-order valence-corrected chi connectivity index (χ1v) is 9.27. The van der Waals surface area contributed by atoms with Crippen molar-refractivity contribution < 1.29 is 14.7 Å². The molecule has 3 N–H and O–H groups in total. The molecule has 4 aliphatic rings. The quantitative estimate of drug-likeness (QED) is 0.308. The Labute approximate surface area is 143 Å². The zero-order valence-corrected chi connectivity index (χ0v) is 14.6.